The third-order valence-electron chi connectivity index (χ3n) is 3.07. The molecular weight excluding hydrogens is 218 g/mol. The van der Waals surface area contributed by atoms with Crippen molar-refractivity contribution in [1.29, 1.82) is 0 Å². The lowest BCUT2D eigenvalue weighted by Crippen LogP contribution is -2.44. The Bertz CT molecular complexity index is 369. The van der Waals surface area contributed by atoms with Crippen molar-refractivity contribution >= 4 is 5.97 Å². The number of esters is 1. The van der Waals surface area contributed by atoms with E-state index >= 15 is 0 Å². The van der Waals surface area contributed by atoms with Crippen LogP contribution < -0.4 is 0 Å². The molecule has 5 heteroatoms. The van der Waals surface area contributed by atoms with E-state index in [1.165, 1.54) is 7.11 Å². The van der Waals surface area contributed by atoms with E-state index in [4.69, 9.17) is 4.74 Å². The lowest BCUT2D eigenvalue weighted by Gasteiger charge is -2.33. The molecular formula is C12H17N3O2. The second-order valence-electron chi connectivity index (χ2n) is 4.20. The molecule has 0 aliphatic carbocycles. The van der Waals surface area contributed by atoms with Crippen LogP contribution in [0.1, 0.15) is 25.0 Å². The van der Waals surface area contributed by atoms with Crippen molar-refractivity contribution in [1.82, 2.24) is 14.9 Å². The van der Waals surface area contributed by atoms with Gasteiger partial charge in [-0.2, -0.15) is 0 Å². The first kappa shape index (κ1) is 12.0. The molecule has 92 valence electrons. The Kier molecular flexibility index (Phi) is 4.03. The van der Waals surface area contributed by atoms with E-state index in [2.05, 4.69) is 14.9 Å². The molecule has 1 saturated heterocycles. The van der Waals surface area contributed by atoms with Gasteiger partial charge in [0.25, 0.3) is 0 Å². The van der Waals surface area contributed by atoms with Gasteiger partial charge in [-0.15, -0.1) is 0 Å². The van der Waals surface area contributed by atoms with Crippen LogP contribution in [-0.4, -0.2) is 40.5 Å². The molecule has 0 radical (unpaired) electrons. The third kappa shape index (κ3) is 3.00. The maximum Gasteiger partial charge on any atom is 0.323 e. The fourth-order valence-electron chi connectivity index (χ4n) is 2.20. The van der Waals surface area contributed by atoms with E-state index in [0.29, 0.717) is 6.54 Å². The number of ether oxygens (including phenoxy) is 1. The van der Waals surface area contributed by atoms with Crippen LogP contribution in [0.4, 0.5) is 0 Å². The molecule has 17 heavy (non-hydrogen) atoms. The smallest absolute Gasteiger partial charge is 0.323 e. The summed E-state index contributed by atoms with van der Waals surface area (Å²) in [6, 6.07) is -0.129. The number of aromatic nitrogens is 2. The van der Waals surface area contributed by atoms with Crippen molar-refractivity contribution in [3.05, 3.63) is 24.3 Å². The third-order valence-corrected chi connectivity index (χ3v) is 3.07. The second kappa shape index (κ2) is 5.72. The van der Waals surface area contributed by atoms with Gasteiger partial charge in [-0.3, -0.25) is 19.7 Å². The Morgan fingerprint density at radius 3 is 3.12 bits per heavy atom. The Hall–Kier alpha value is -1.49. The quantitative estimate of drug-likeness (QED) is 0.732. The molecule has 1 aliphatic heterocycles. The highest BCUT2D eigenvalue weighted by atomic mass is 16.5. The number of likely N-dealkylation sites (tertiary alicyclic amines) is 1. The van der Waals surface area contributed by atoms with Crippen LogP contribution in [0.5, 0.6) is 0 Å². The van der Waals surface area contributed by atoms with Crippen molar-refractivity contribution < 1.29 is 9.53 Å². The van der Waals surface area contributed by atoms with Crippen LogP contribution in [-0.2, 0) is 16.1 Å². The van der Waals surface area contributed by atoms with E-state index in [1.807, 2.05) is 0 Å². The molecule has 0 aromatic carbocycles. The summed E-state index contributed by atoms with van der Waals surface area (Å²) in [7, 11) is 1.44. The van der Waals surface area contributed by atoms with Gasteiger partial charge >= 0.3 is 5.97 Å². The Labute approximate surface area is 101 Å². The molecule has 1 aliphatic rings. The maximum absolute atomic E-state index is 11.7. The largest absolute Gasteiger partial charge is 0.468 e. The first-order chi connectivity index (χ1) is 8.31. The number of hydrogen-bond acceptors (Lipinski definition) is 5. The molecule has 1 aromatic heterocycles. The molecule has 2 heterocycles. The summed E-state index contributed by atoms with van der Waals surface area (Å²) in [5.74, 6) is -0.145. The number of hydrogen-bond donors (Lipinski definition) is 0. The van der Waals surface area contributed by atoms with Crippen LogP contribution in [0.3, 0.4) is 0 Å². The number of nitrogens with zero attached hydrogens (tertiary/aromatic N) is 3. The molecule has 0 bridgehead atoms. The first-order valence-electron chi connectivity index (χ1n) is 5.88. The summed E-state index contributed by atoms with van der Waals surface area (Å²) in [5.41, 5.74) is 0.892. The summed E-state index contributed by atoms with van der Waals surface area (Å²) in [4.78, 5) is 22.1. The van der Waals surface area contributed by atoms with Crippen LogP contribution in [0.25, 0.3) is 0 Å². The van der Waals surface area contributed by atoms with Crippen molar-refractivity contribution in [3.8, 4) is 0 Å². The van der Waals surface area contributed by atoms with Gasteiger partial charge in [0.2, 0.25) is 0 Å². The zero-order valence-corrected chi connectivity index (χ0v) is 10.0. The summed E-state index contributed by atoms with van der Waals surface area (Å²) < 4.78 is 4.84. The van der Waals surface area contributed by atoms with Gasteiger partial charge < -0.3 is 4.74 Å². The van der Waals surface area contributed by atoms with Gasteiger partial charge in [0.1, 0.15) is 6.04 Å². The SMILES string of the molecule is COC(=O)C1CCCCN1Cc1cnccn1. The molecule has 1 unspecified atom stereocenters. The molecule has 0 amide bonds. The van der Waals surface area contributed by atoms with Crippen LogP contribution >= 0.6 is 0 Å². The van der Waals surface area contributed by atoms with Crippen molar-refractivity contribution in [2.75, 3.05) is 13.7 Å². The standard InChI is InChI=1S/C12H17N3O2/c1-17-12(16)11-4-2-3-7-15(11)9-10-8-13-5-6-14-10/h5-6,8,11H,2-4,7,9H2,1H3. The van der Waals surface area contributed by atoms with E-state index in [1.54, 1.807) is 18.6 Å². The zero-order chi connectivity index (χ0) is 12.1. The molecule has 1 fully saturated rings. The molecule has 0 N–H and O–H groups in total. The molecule has 5 nitrogen and oxygen atoms in total. The average Bonchev–Trinajstić information content (AvgIpc) is 2.40. The van der Waals surface area contributed by atoms with Gasteiger partial charge in [0.05, 0.1) is 12.8 Å². The average molecular weight is 235 g/mol. The van der Waals surface area contributed by atoms with Crippen molar-refractivity contribution in [2.45, 2.75) is 31.8 Å². The summed E-state index contributed by atoms with van der Waals surface area (Å²) >= 11 is 0. The second-order valence-corrected chi connectivity index (χ2v) is 4.20. The first-order valence-corrected chi connectivity index (χ1v) is 5.88. The van der Waals surface area contributed by atoms with E-state index < -0.39 is 0 Å². The van der Waals surface area contributed by atoms with Crippen molar-refractivity contribution in [3.63, 3.8) is 0 Å². The van der Waals surface area contributed by atoms with Crippen LogP contribution in [0.2, 0.25) is 0 Å². The lowest BCUT2D eigenvalue weighted by molar-refractivity contribution is -0.148. The van der Waals surface area contributed by atoms with E-state index in [9.17, 15) is 4.79 Å². The number of rotatable bonds is 3. The summed E-state index contributed by atoms with van der Waals surface area (Å²) in [6.07, 6.45) is 8.13. The maximum atomic E-state index is 11.7. The number of piperidine rings is 1. The van der Waals surface area contributed by atoms with Gasteiger partial charge in [0, 0.05) is 25.1 Å². The van der Waals surface area contributed by atoms with E-state index in [0.717, 1.165) is 31.5 Å². The fourth-order valence-corrected chi connectivity index (χ4v) is 2.20. The highest BCUT2D eigenvalue weighted by Crippen LogP contribution is 2.19. The van der Waals surface area contributed by atoms with Gasteiger partial charge in [-0.25, -0.2) is 0 Å². The van der Waals surface area contributed by atoms with E-state index in [-0.39, 0.29) is 12.0 Å². The minimum absolute atomic E-state index is 0.129. The normalized spacial score (nSPS) is 21.1. The minimum Gasteiger partial charge on any atom is -0.468 e. The number of carbonyl (C=O) groups excluding carboxylic acids is 1. The van der Waals surface area contributed by atoms with Crippen LogP contribution in [0.15, 0.2) is 18.6 Å². The lowest BCUT2D eigenvalue weighted by atomic mass is 10.0. The highest BCUT2D eigenvalue weighted by molar-refractivity contribution is 5.75. The predicted molar refractivity (Wildman–Crippen MR) is 62.1 cm³/mol. The number of carbonyl (C=O) groups is 1. The molecule has 0 saturated carbocycles. The highest BCUT2D eigenvalue weighted by Gasteiger charge is 2.29. The molecule has 0 spiro atoms. The Morgan fingerprint density at radius 2 is 2.41 bits per heavy atom. The fraction of sp³-hybridized carbons (Fsp3) is 0.583. The van der Waals surface area contributed by atoms with Gasteiger partial charge in [0.15, 0.2) is 0 Å². The van der Waals surface area contributed by atoms with Gasteiger partial charge in [-0.1, -0.05) is 6.42 Å². The molecule has 1 aromatic rings. The minimum atomic E-state index is -0.145. The Morgan fingerprint density at radius 1 is 1.53 bits per heavy atom. The monoisotopic (exact) mass is 235 g/mol. The Balaban J connectivity index is 2.04. The summed E-state index contributed by atoms with van der Waals surface area (Å²) in [5, 5.41) is 0. The number of methoxy groups -OCH3 is 1. The van der Waals surface area contributed by atoms with Crippen LogP contribution in [0, 0.1) is 0 Å². The molecule has 1 atom stereocenters. The zero-order valence-electron chi connectivity index (χ0n) is 10.0. The van der Waals surface area contributed by atoms with Crippen molar-refractivity contribution in [2.24, 2.45) is 0 Å². The van der Waals surface area contributed by atoms with Gasteiger partial charge in [-0.05, 0) is 19.4 Å². The topological polar surface area (TPSA) is 55.3 Å². The molecule has 2 rings (SSSR count). The predicted octanol–water partition coefficient (Wildman–Crippen LogP) is 1.00. The summed E-state index contributed by atoms with van der Waals surface area (Å²) in [6.45, 7) is 1.57.